The normalized spacial score (nSPS) is 10.3. The molecule has 0 aromatic carbocycles. The van der Waals surface area contributed by atoms with Crippen molar-refractivity contribution in [2.75, 3.05) is 0 Å². The minimum atomic E-state index is -1.13. The average Bonchev–Trinajstić information content (AvgIpc) is 2.28. The van der Waals surface area contributed by atoms with E-state index in [0.717, 1.165) is 11.8 Å². The van der Waals surface area contributed by atoms with Crippen LogP contribution >= 0.6 is 23.4 Å². The molecule has 0 atom stereocenters. The summed E-state index contributed by atoms with van der Waals surface area (Å²) in [5.74, 6) is -1.13. The van der Waals surface area contributed by atoms with Crippen LogP contribution in [-0.2, 0) is 0 Å². The van der Waals surface area contributed by atoms with E-state index in [0.29, 0.717) is 0 Å². The summed E-state index contributed by atoms with van der Waals surface area (Å²) in [5.41, 5.74) is -0.331. The molecule has 18 heavy (non-hydrogen) atoms. The first kappa shape index (κ1) is 12.6. The van der Waals surface area contributed by atoms with Gasteiger partial charge in [-0.2, -0.15) is 0 Å². The number of aromatic nitrogens is 3. The Kier molecular flexibility index (Phi) is 3.63. The molecule has 2 aromatic heterocycles. The summed E-state index contributed by atoms with van der Waals surface area (Å²) in [7, 11) is 0. The first-order chi connectivity index (χ1) is 8.56. The van der Waals surface area contributed by atoms with Crippen LogP contribution < -0.4 is 5.56 Å². The zero-order valence-corrected chi connectivity index (χ0v) is 10.3. The number of halogens is 1. The molecule has 0 fully saturated rings. The molecule has 0 saturated heterocycles. The van der Waals surface area contributed by atoms with E-state index >= 15 is 0 Å². The lowest BCUT2D eigenvalue weighted by Gasteiger charge is -2.04. The van der Waals surface area contributed by atoms with E-state index in [2.05, 4.69) is 15.0 Å². The van der Waals surface area contributed by atoms with Crippen molar-refractivity contribution in [2.45, 2.75) is 10.2 Å². The maximum Gasteiger partial charge on any atom is 0.338 e. The number of hydrogen-bond acceptors (Lipinski definition) is 5. The van der Waals surface area contributed by atoms with Crippen LogP contribution in [0.5, 0.6) is 0 Å². The number of rotatable bonds is 3. The van der Waals surface area contributed by atoms with Crippen LogP contribution in [-0.4, -0.2) is 26.0 Å². The van der Waals surface area contributed by atoms with E-state index < -0.39 is 5.97 Å². The Labute approximate surface area is 110 Å². The molecule has 8 heteroatoms. The van der Waals surface area contributed by atoms with Crippen molar-refractivity contribution >= 4 is 29.3 Å². The van der Waals surface area contributed by atoms with Gasteiger partial charge in [0.1, 0.15) is 10.2 Å². The number of carboxylic acids is 1. The second-order valence-electron chi connectivity index (χ2n) is 3.13. The molecule has 0 amide bonds. The molecule has 0 spiro atoms. The Bertz CT molecular complexity index is 659. The molecule has 2 heterocycles. The third-order valence-electron chi connectivity index (χ3n) is 1.90. The highest BCUT2D eigenvalue weighted by Gasteiger charge is 2.14. The number of aromatic amines is 1. The summed E-state index contributed by atoms with van der Waals surface area (Å²) in [4.78, 5) is 32.4. The van der Waals surface area contributed by atoms with E-state index in [4.69, 9.17) is 16.7 Å². The fraction of sp³-hybridized carbons (Fsp3) is 0. The first-order valence-electron chi connectivity index (χ1n) is 4.69. The molecule has 92 valence electrons. The molecule has 2 rings (SSSR count). The third-order valence-corrected chi connectivity index (χ3v) is 3.01. The standard InChI is InChI=1S/C10H6ClN3O3S/c11-6-2-1-5(9(16)17)8(13-6)18-10-12-4-3-7(15)14-10/h1-4H,(H,16,17)(H,12,14,15). The van der Waals surface area contributed by atoms with Gasteiger partial charge in [0.2, 0.25) is 0 Å². The molecular weight excluding hydrogens is 278 g/mol. The second kappa shape index (κ2) is 5.19. The molecule has 2 N–H and O–H groups in total. The smallest absolute Gasteiger partial charge is 0.338 e. The van der Waals surface area contributed by atoms with Gasteiger partial charge in [-0.15, -0.1) is 0 Å². The van der Waals surface area contributed by atoms with E-state index in [1.807, 2.05) is 0 Å². The highest BCUT2D eigenvalue weighted by Crippen LogP contribution is 2.26. The van der Waals surface area contributed by atoms with Gasteiger partial charge in [0, 0.05) is 12.3 Å². The highest BCUT2D eigenvalue weighted by atomic mass is 35.5. The van der Waals surface area contributed by atoms with Crippen LogP contribution in [0.15, 0.2) is 39.4 Å². The number of pyridine rings is 1. The molecule has 0 aliphatic carbocycles. The van der Waals surface area contributed by atoms with Gasteiger partial charge in [0.15, 0.2) is 5.16 Å². The lowest BCUT2D eigenvalue weighted by molar-refractivity contribution is 0.0692. The quantitative estimate of drug-likeness (QED) is 0.657. The molecule has 0 saturated carbocycles. The van der Waals surface area contributed by atoms with Crippen molar-refractivity contribution in [2.24, 2.45) is 0 Å². The summed E-state index contributed by atoms with van der Waals surface area (Å²) in [6.07, 6.45) is 1.33. The molecule has 0 bridgehead atoms. The van der Waals surface area contributed by atoms with Crippen LogP contribution in [0.4, 0.5) is 0 Å². The van der Waals surface area contributed by atoms with Crippen LogP contribution in [0, 0.1) is 0 Å². The number of carboxylic acid groups (broad SMARTS) is 1. The number of nitrogens with zero attached hydrogens (tertiary/aromatic N) is 2. The zero-order chi connectivity index (χ0) is 13.1. The van der Waals surface area contributed by atoms with Crippen LogP contribution in [0.3, 0.4) is 0 Å². The summed E-state index contributed by atoms with van der Waals surface area (Å²) in [6.45, 7) is 0. The maximum atomic E-state index is 11.1. The molecule has 2 aromatic rings. The van der Waals surface area contributed by atoms with Crippen molar-refractivity contribution in [3.63, 3.8) is 0 Å². The van der Waals surface area contributed by atoms with Gasteiger partial charge in [0.05, 0.1) is 5.56 Å². The number of aromatic carboxylic acids is 1. The Morgan fingerprint density at radius 2 is 2.17 bits per heavy atom. The SMILES string of the molecule is O=C(O)c1ccc(Cl)nc1Sc1nccc(=O)[nH]1. The number of carbonyl (C=O) groups is 1. The molecule has 0 unspecified atom stereocenters. The predicted molar refractivity (Wildman–Crippen MR) is 65.2 cm³/mol. The monoisotopic (exact) mass is 283 g/mol. The largest absolute Gasteiger partial charge is 0.478 e. The average molecular weight is 284 g/mol. The predicted octanol–water partition coefficient (Wildman–Crippen LogP) is 1.67. The van der Waals surface area contributed by atoms with E-state index in [1.165, 1.54) is 24.4 Å². The van der Waals surface area contributed by atoms with Crippen LogP contribution in [0.25, 0.3) is 0 Å². The van der Waals surface area contributed by atoms with Gasteiger partial charge >= 0.3 is 5.97 Å². The van der Waals surface area contributed by atoms with Crippen LogP contribution in [0.1, 0.15) is 10.4 Å². The van der Waals surface area contributed by atoms with Gasteiger partial charge < -0.3 is 10.1 Å². The summed E-state index contributed by atoms with van der Waals surface area (Å²) in [6, 6.07) is 3.99. The molecule has 0 aliphatic rings. The minimum Gasteiger partial charge on any atom is -0.478 e. The van der Waals surface area contributed by atoms with Crippen molar-refractivity contribution in [1.82, 2.24) is 15.0 Å². The van der Waals surface area contributed by atoms with E-state index in [9.17, 15) is 9.59 Å². The fourth-order valence-electron chi connectivity index (χ4n) is 1.15. The molecular formula is C10H6ClN3O3S. The third kappa shape index (κ3) is 2.88. The highest BCUT2D eigenvalue weighted by molar-refractivity contribution is 7.99. The lowest BCUT2D eigenvalue weighted by atomic mass is 10.3. The van der Waals surface area contributed by atoms with Gasteiger partial charge in [-0.3, -0.25) is 4.79 Å². The van der Waals surface area contributed by atoms with Crippen molar-refractivity contribution in [3.05, 3.63) is 45.5 Å². The van der Waals surface area contributed by atoms with Gasteiger partial charge in [-0.05, 0) is 23.9 Å². The van der Waals surface area contributed by atoms with Crippen molar-refractivity contribution < 1.29 is 9.90 Å². The van der Waals surface area contributed by atoms with Gasteiger partial charge in [-0.1, -0.05) is 11.6 Å². The Hall–Kier alpha value is -1.86. The van der Waals surface area contributed by atoms with Crippen molar-refractivity contribution in [3.8, 4) is 0 Å². The maximum absolute atomic E-state index is 11.1. The lowest BCUT2D eigenvalue weighted by Crippen LogP contribution is -2.06. The van der Waals surface area contributed by atoms with E-state index in [-0.39, 0.29) is 26.5 Å². The number of H-pyrrole nitrogens is 1. The number of nitrogens with one attached hydrogen (secondary N) is 1. The number of hydrogen-bond donors (Lipinski definition) is 2. The van der Waals surface area contributed by atoms with Crippen molar-refractivity contribution in [1.29, 1.82) is 0 Å². The Morgan fingerprint density at radius 1 is 1.39 bits per heavy atom. The molecule has 0 aliphatic heterocycles. The summed E-state index contributed by atoms with van der Waals surface area (Å²) in [5, 5.41) is 9.59. The van der Waals surface area contributed by atoms with E-state index in [1.54, 1.807) is 0 Å². The van der Waals surface area contributed by atoms with Gasteiger partial charge in [0.25, 0.3) is 5.56 Å². The van der Waals surface area contributed by atoms with Gasteiger partial charge in [-0.25, -0.2) is 14.8 Å². The molecule has 0 radical (unpaired) electrons. The van der Waals surface area contributed by atoms with Crippen LogP contribution in [0.2, 0.25) is 5.15 Å². The first-order valence-corrected chi connectivity index (χ1v) is 5.89. The Balaban J connectivity index is 2.42. The minimum absolute atomic E-state index is 0.00379. The fourth-order valence-corrected chi connectivity index (χ4v) is 2.21. The summed E-state index contributed by atoms with van der Waals surface area (Å²) < 4.78 is 0. The zero-order valence-electron chi connectivity index (χ0n) is 8.75. The Morgan fingerprint density at radius 3 is 2.83 bits per heavy atom. The molecule has 6 nitrogen and oxygen atoms in total. The second-order valence-corrected chi connectivity index (χ2v) is 4.50. The summed E-state index contributed by atoms with van der Waals surface area (Å²) >= 11 is 6.64. The topological polar surface area (TPSA) is 95.9 Å².